The Hall–Kier alpha value is -0.220. The second-order valence-electron chi connectivity index (χ2n) is 3.11. The summed E-state index contributed by atoms with van der Waals surface area (Å²) >= 11 is 1.65. The van der Waals surface area contributed by atoms with Crippen molar-refractivity contribution in [3.8, 4) is 0 Å². The molecular formula is C8H18N2OS. The van der Waals surface area contributed by atoms with E-state index >= 15 is 0 Å². The Morgan fingerprint density at radius 3 is 2.58 bits per heavy atom. The molecule has 0 heterocycles. The predicted molar refractivity (Wildman–Crippen MR) is 54.3 cm³/mol. The van der Waals surface area contributed by atoms with Crippen molar-refractivity contribution >= 4 is 17.7 Å². The van der Waals surface area contributed by atoms with Gasteiger partial charge >= 0.3 is 0 Å². The van der Waals surface area contributed by atoms with E-state index in [-0.39, 0.29) is 11.9 Å². The van der Waals surface area contributed by atoms with Crippen molar-refractivity contribution in [2.45, 2.75) is 19.4 Å². The van der Waals surface area contributed by atoms with Crippen molar-refractivity contribution in [3.63, 3.8) is 0 Å². The minimum atomic E-state index is 0.171. The first-order chi connectivity index (χ1) is 5.54. The van der Waals surface area contributed by atoms with E-state index in [0.29, 0.717) is 5.75 Å². The van der Waals surface area contributed by atoms with Gasteiger partial charge in [0.1, 0.15) is 0 Å². The standard InChI is InChI=1S/C8H18N2OS/c1-7(9)4-5-12-6-8(11)10(2)3/h7H,4-6,9H2,1-3H3. The summed E-state index contributed by atoms with van der Waals surface area (Å²) in [5, 5.41) is 0. The second kappa shape index (κ2) is 6.31. The summed E-state index contributed by atoms with van der Waals surface area (Å²) in [6.07, 6.45) is 0.978. The molecule has 1 unspecified atom stereocenters. The number of amides is 1. The van der Waals surface area contributed by atoms with Gasteiger partial charge in [-0.05, 0) is 19.1 Å². The highest BCUT2D eigenvalue weighted by atomic mass is 32.2. The van der Waals surface area contributed by atoms with Crippen LogP contribution in [0.25, 0.3) is 0 Å². The molecule has 0 aromatic carbocycles. The number of hydrogen-bond acceptors (Lipinski definition) is 3. The lowest BCUT2D eigenvalue weighted by Gasteiger charge is -2.09. The third-order valence-electron chi connectivity index (χ3n) is 1.44. The fraction of sp³-hybridized carbons (Fsp3) is 0.875. The van der Waals surface area contributed by atoms with E-state index in [4.69, 9.17) is 5.73 Å². The fourth-order valence-electron chi connectivity index (χ4n) is 0.558. The molecule has 1 atom stereocenters. The molecule has 0 aliphatic carbocycles. The monoisotopic (exact) mass is 190 g/mol. The quantitative estimate of drug-likeness (QED) is 0.644. The first-order valence-electron chi connectivity index (χ1n) is 4.07. The van der Waals surface area contributed by atoms with Crippen molar-refractivity contribution < 1.29 is 4.79 Å². The van der Waals surface area contributed by atoms with E-state index in [2.05, 4.69) is 0 Å². The molecular weight excluding hydrogens is 172 g/mol. The highest BCUT2D eigenvalue weighted by Gasteiger charge is 2.03. The maximum atomic E-state index is 11.1. The maximum Gasteiger partial charge on any atom is 0.232 e. The van der Waals surface area contributed by atoms with Crippen LogP contribution in [0, 0.1) is 0 Å². The summed E-state index contributed by atoms with van der Waals surface area (Å²) in [5.74, 6) is 1.71. The molecule has 2 N–H and O–H groups in total. The van der Waals surface area contributed by atoms with Crippen LogP contribution in [0.3, 0.4) is 0 Å². The first-order valence-corrected chi connectivity index (χ1v) is 5.23. The zero-order valence-electron chi connectivity index (χ0n) is 8.04. The molecule has 0 saturated heterocycles. The van der Waals surface area contributed by atoms with Crippen LogP contribution >= 0.6 is 11.8 Å². The molecule has 0 bridgehead atoms. The van der Waals surface area contributed by atoms with Crippen molar-refractivity contribution in [3.05, 3.63) is 0 Å². The van der Waals surface area contributed by atoms with Crippen LogP contribution in [0.2, 0.25) is 0 Å². The van der Waals surface area contributed by atoms with E-state index in [0.717, 1.165) is 12.2 Å². The van der Waals surface area contributed by atoms with Gasteiger partial charge in [0, 0.05) is 20.1 Å². The molecule has 0 rings (SSSR count). The van der Waals surface area contributed by atoms with Crippen LogP contribution in [0.5, 0.6) is 0 Å². The molecule has 0 fully saturated rings. The number of carbonyl (C=O) groups is 1. The lowest BCUT2D eigenvalue weighted by molar-refractivity contribution is -0.125. The minimum Gasteiger partial charge on any atom is -0.348 e. The van der Waals surface area contributed by atoms with Gasteiger partial charge in [0.15, 0.2) is 0 Å². The van der Waals surface area contributed by atoms with Crippen LogP contribution in [0.4, 0.5) is 0 Å². The molecule has 1 amide bonds. The van der Waals surface area contributed by atoms with Gasteiger partial charge in [-0.15, -0.1) is 0 Å². The Morgan fingerprint density at radius 2 is 2.17 bits per heavy atom. The van der Waals surface area contributed by atoms with Crippen LogP contribution in [0.15, 0.2) is 0 Å². The number of hydrogen-bond donors (Lipinski definition) is 1. The normalized spacial score (nSPS) is 12.7. The molecule has 0 aromatic rings. The summed E-state index contributed by atoms with van der Waals surface area (Å²) < 4.78 is 0. The summed E-state index contributed by atoms with van der Waals surface area (Å²) in [4.78, 5) is 12.7. The molecule has 3 nitrogen and oxygen atoms in total. The minimum absolute atomic E-state index is 0.171. The maximum absolute atomic E-state index is 11.1. The van der Waals surface area contributed by atoms with Crippen LogP contribution in [-0.4, -0.2) is 42.4 Å². The zero-order valence-corrected chi connectivity index (χ0v) is 8.86. The largest absolute Gasteiger partial charge is 0.348 e. The van der Waals surface area contributed by atoms with Gasteiger partial charge in [0.2, 0.25) is 5.91 Å². The van der Waals surface area contributed by atoms with Gasteiger partial charge in [0.25, 0.3) is 0 Å². The Balaban J connectivity index is 3.26. The van der Waals surface area contributed by atoms with E-state index in [1.807, 2.05) is 6.92 Å². The van der Waals surface area contributed by atoms with E-state index in [9.17, 15) is 4.79 Å². The molecule has 0 saturated carbocycles. The molecule has 0 spiro atoms. The van der Waals surface area contributed by atoms with Gasteiger partial charge in [-0.3, -0.25) is 4.79 Å². The van der Waals surface area contributed by atoms with E-state index < -0.39 is 0 Å². The fourth-order valence-corrected chi connectivity index (χ4v) is 1.67. The Bertz CT molecular complexity index is 137. The van der Waals surface area contributed by atoms with Crippen LogP contribution < -0.4 is 5.73 Å². The molecule has 12 heavy (non-hydrogen) atoms. The number of nitrogens with two attached hydrogens (primary N) is 1. The highest BCUT2D eigenvalue weighted by molar-refractivity contribution is 7.99. The van der Waals surface area contributed by atoms with Crippen molar-refractivity contribution in [2.75, 3.05) is 25.6 Å². The molecule has 0 aliphatic heterocycles. The second-order valence-corrected chi connectivity index (χ2v) is 4.21. The summed E-state index contributed by atoms with van der Waals surface area (Å²) in [6, 6.07) is 0.243. The third kappa shape index (κ3) is 6.49. The topological polar surface area (TPSA) is 46.3 Å². The number of nitrogens with zero attached hydrogens (tertiary/aromatic N) is 1. The Labute approximate surface area is 78.7 Å². The lowest BCUT2D eigenvalue weighted by Crippen LogP contribution is -2.24. The lowest BCUT2D eigenvalue weighted by atomic mass is 10.3. The SMILES string of the molecule is CC(N)CCSCC(=O)N(C)C. The number of rotatable bonds is 5. The van der Waals surface area contributed by atoms with Crippen molar-refractivity contribution in [1.82, 2.24) is 4.90 Å². The van der Waals surface area contributed by atoms with Crippen LogP contribution in [0.1, 0.15) is 13.3 Å². The molecule has 0 aliphatic rings. The van der Waals surface area contributed by atoms with E-state index in [1.54, 1.807) is 30.8 Å². The van der Waals surface area contributed by atoms with Gasteiger partial charge in [0.05, 0.1) is 5.75 Å². The predicted octanol–water partition coefficient (Wildman–Crippen LogP) is 0.545. The molecule has 0 radical (unpaired) electrons. The smallest absolute Gasteiger partial charge is 0.232 e. The first kappa shape index (κ1) is 11.8. The van der Waals surface area contributed by atoms with Gasteiger partial charge in [-0.1, -0.05) is 0 Å². The summed E-state index contributed by atoms with van der Waals surface area (Å²) in [6.45, 7) is 1.98. The van der Waals surface area contributed by atoms with Crippen molar-refractivity contribution in [2.24, 2.45) is 5.73 Å². The van der Waals surface area contributed by atoms with Gasteiger partial charge in [-0.2, -0.15) is 11.8 Å². The Morgan fingerprint density at radius 1 is 1.58 bits per heavy atom. The summed E-state index contributed by atoms with van der Waals surface area (Å²) in [7, 11) is 3.54. The molecule has 72 valence electrons. The molecule has 4 heteroatoms. The highest BCUT2D eigenvalue weighted by Crippen LogP contribution is 2.04. The summed E-state index contributed by atoms with van der Waals surface area (Å²) in [5.41, 5.74) is 5.56. The van der Waals surface area contributed by atoms with Gasteiger partial charge in [-0.25, -0.2) is 0 Å². The van der Waals surface area contributed by atoms with Crippen molar-refractivity contribution in [1.29, 1.82) is 0 Å². The third-order valence-corrected chi connectivity index (χ3v) is 2.42. The average Bonchev–Trinajstić information content (AvgIpc) is 1.97. The van der Waals surface area contributed by atoms with E-state index in [1.165, 1.54) is 0 Å². The van der Waals surface area contributed by atoms with Crippen LogP contribution in [-0.2, 0) is 4.79 Å². The molecule has 0 aromatic heterocycles. The number of thioether (sulfide) groups is 1. The zero-order chi connectivity index (χ0) is 9.56. The number of carbonyl (C=O) groups excluding carboxylic acids is 1. The Kier molecular flexibility index (Phi) is 6.20. The average molecular weight is 190 g/mol. The van der Waals surface area contributed by atoms with Gasteiger partial charge < -0.3 is 10.6 Å².